The van der Waals surface area contributed by atoms with Crippen molar-refractivity contribution in [1.29, 1.82) is 0 Å². The molecule has 1 saturated heterocycles. The largest absolute Gasteiger partial charge is 0.336 e. The number of rotatable bonds is 4. The molecule has 128 valence electrons. The third-order valence-corrected chi connectivity index (χ3v) is 5.22. The molecule has 1 aliphatic heterocycles. The number of hydrogen-bond acceptors (Lipinski definition) is 3. The number of piperazine rings is 1. The summed E-state index contributed by atoms with van der Waals surface area (Å²) in [5, 5.41) is 4.51. The van der Waals surface area contributed by atoms with Crippen molar-refractivity contribution in [1.82, 2.24) is 19.6 Å². The molecule has 1 aromatic carbocycles. The number of aryl methyl sites for hydroxylation is 2. The Balaban J connectivity index is 1.58. The van der Waals surface area contributed by atoms with Crippen molar-refractivity contribution in [3.8, 4) is 0 Å². The van der Waals surface area contributed by atoms with Crippen LogP contribution in [0, 0.1) is 6.92 Å². The molecule has 2 aromatic rings. The SMILES string of the molecule is CCn1cc(CN2CCN(C(=O)c3ccccc3Br)CC2)c(C)n1. The predicted molar refractivity (Wildman–Crippen MR) is 98.0 cm³/mol. The van der Waals surface area contributed by atoms with Gasteiger partial charge in [-0.05, 0) is 41.9 Å². The number of amides is 1. The van der Waals surface area contributed by atoms with Crippen molar-refractivity contribution >= 4 is 21.8 Å². The van der Waals surface area contributed by atoms with E-state index in [4.69, 9.17) is 0 Å². The molecule has 5 nitrogen and oxygen atoms in total. The van der Waals surface area contributed by atoms with E-state index in [9.17, 15) is 4.79 Å². The van der Waals surface area contributed by atoms with Gasteiger partial charge in [-0.1, -0.05) is 12.1 Å². The Labute approximate surface area is 151 Å². The van der Waals surface area contributed by atoms with Crippen LogP contribution in [0.3, 0.4) is 0 Å². The molecule has 2 heterocycles. The molecule has 0 aliphatic carbocycles. The maximum atomic E-state index is 12.6. The van der Waals surface area contributed by atoms with Gasteiger partial charge in [0.15, 0.2) is 0 Å². The summed E-state index contributed by atoms with van der Waals surface area (Å²) in [5.74, 6) is 0.108. The molecule has 24 heavy (non-hydrogen) atoms. The lowest BCUT2D eigenvalue weighted by Gasteiger charge is -2.34. The Morgan fingerprint density at radius 2 is 1.92 bits per heavy atom. The number of aromatic nitrogens is 2. The lowest BCUT2D eigenvalue weighted by atomic mass is 10.1. The molecule has 1 aliphatic rings. The van der Waals surface area contributed by atoms with Crippen LogP contribution < -0.4 is 0 Å². The van der Waals surface area contributed by atoms with E-state index in [-0.39, 0.29) is 5.91 Å². The zero-order valence-electron chi connectivity index (χ0n) is 14.2. The first-order chi connectivity index (χ1) is 11.6. The number of hydrogen-bond donors (Lipinski definition) is 0. The second-order valence-electron chi connectivity index (χ2n) is 6.14. The van der Waals surface area contributed by atoms with E-state index in [1.807, 2.05) is 33.8 Å². The standard InChI is InChI=1S/C18H23BrN4O/c1-3-23-13-15(14(2)20-23)12-21-8-10-22(11-9-21)18(24)16-6-4-5-7-17(16)19/h4-7,13H,3,8-12H2,1-2H3. The molecule has 3 rings (SSSR count). The Hall–Kier alpha value is -1.66. The van der Waals surface area contributed by atoms with E-state index in [1.54, 1.807) is 0 Å². The summed E-state index contributed by atoms with van der Waals surface area (Å²) >= 11 is 3.47. The van der Waals surface area contributed by atoms with E-state index in [0.717, 1.165) is 55.0 Å². The Bertz CT molecular complexity index is 720. The van der Waals surface area contributed by atoms with Crippen molar-refractivity contribution in [2.45, 2.75) is 26.9 Å². The average molecular weight is 391 g/mol. The lowest BCUT2D eigenvalue weighted by Crippen LogP contribution is -2.48. The highest BCUT2D eigenvalue weighted by Crippen LogP contribution is 2.19. The second-order valence-corrected chi connectivity index (χ2v) is 7.00. The van der Waals surface area contributed by atoms with Crippen LogP contribution >= 0.6 is 15.9 Å². The molecule has 1 amide bonds. The fourth-order valence-corrected chi connectivity index (χ4v) is 3.49. The maximum absolute atomic E-state index is 12.6. The summed E-state index contributed by atoms with van der Waals surface area (Å²) in [6.07, 6.45) is 2.13. The number of carbonyl (C=O) groups is 1. The van der Waals surface area contributed by atoms with Gasteiger partial charge in [0.05, 0.1) is 11.3 Å². The lowest BCUT2D eigenvalue weighted by molar-refractivity contribution is 0.0627. The quantitative estimate of drug-likeness (QED) is 0.805. The van der Waals surface area contributed by atoms with Crippen LogP contribution in [-0.2, 0) is 13.1 Å². The van der Waals surface area contributed by atoms with Gasteiger partial charge in [0.25, 0.3) is 5.91 Å². The van der Waals surface area contributed by atoms with E-state index in [0.29, 0.717) is 0 Å². The summed E-state index contributed by atoms with van der Waals surface area (Å²) in [5.41, 5.74) is 3.12. The van der Waals surface area contributed by atoms with Gasteiger partial charge in [-0.25, -0.2) is 0 Å². The first-order valence-corrected chi connectivity index (χ1v) is 9.17. The number of benzene rings is 1. The van der Waals surface area contributed by atoms with Gasteiger partial charge in [0.1, 0.15) is 0 Å². The zero-order chi connectivity index (χ0) is 17.1. The van der Waals surface area contributed by atoms with Crippen LogP contribution in [0.25, 0.3) is 0 Å². The van der Waals surface area contributed by atoms with Crippen LogP contribution in [0.2, 0.25) is 0 Å². The molecule has 6 heteroatoms. The van der Waals surface area contributed by atoms with Crippen molar-refractivity contribution in [2.24, 2.45) is 0 Å². The summed E-state index contributed by atoms with van der Waals surface area (Å²) in [6.45, 7) is 9.29. The summed E-state index contributed by atoms with van der Waals surface area (Å²) in [6, 6.07) is 7.62. The van der Waals surface area contributed by atoms with Gasteiger partial charge in [0, 0.05) is 55.5 Å². The highest BCUT2D eigenvalue weighted by atomic mass is 79.9. The van der Waals surface area contributed by atoms with Crippen molar-refractivity contribution in [2.75, 3.05) is 26.2 Å². The second kappa shape index (κ2) is 7.49. The monoisotopic (exact) mass is 390 g/mol. The fourth-order valence-electron chi connectivity index (χ4n) is 3.03. The first-order valence-electron chi connectivity index (χ1n) is 8.37. The maximum Gasteiger partial charge on any atom is 0.255 e. The molecule has 0 atom stereocenters. The number of nitrogens with zero attached hydrogens (tertiary/aromatic N) is 4. The predicted octanol–water partition coefficient (Wildman–Crippen LogP) is 2.93. The van der Waals surface area contributed by atoms with Crippen LogP contribution in [0.15, 0.2) is 34.9 Å². The summed E-state index contributed by atoms with van der Waals surface area (Å²) in [7, 11) is 0. The number of halogens is 1. The van der Waals surface area contributed by atoms with Crippen molar-refractivity contribution in [3.63, 3.8) is 0 Å². The van der Waals surface area contributed by atoms with E-state index in [2.05, 4.69) is 46.0 Å². The normalized spacial score (nSPS) is 15.7. The Morgan fingerprint density at radius 1 is 1.21 bits per heavy atom. The molecule has 0 radical (unpaired) electrons. The van der Waals surface area contributed by atoms with Gasteiger partial charge < -0.3 is 4.90 Å². The third-order valence-electron chi connectivity index (χ3n) is 4.53. The fraction of sp³-hybridized carbons (Fsp3) is 0.444. The molecule has 0 bridgehead atoms. The van der Waals surface area contributed by atoms with Crippen LogP contribution in [0.1, 0.15) is 28.5 Å². The minimum absolute atomic E-state index is 0.108. The summed E-state index contributed by atoms with van der Waals surface area (Å²) < 4.78 is 2.84. The summed E-state index contributed by atoms with van der Waals surface area (Å²) in [4.78, 5) is 17.0. The topological polar surface area (TPSA) is 41.4 Å². The molecule has 1 aromatic heterocycles. The Morgan fingerprint density at radius 3 is 2.54 bits per heavy atom. The van der Waals surface area contributed by atoms with Gasteiger partial charge in [-0.15, -0.1) is 0 Å². The molecular formula is C18H23BrN4O. The van der Waals surface area contributed by atoms with Crippen molar-refractivity contribution < 1.29 is 4.79 Å². The highest BCUT2D eigenvalue weighted by molar-refractivity contribution is 9.10. The smallest absolute Gasteiger partial charge is 0.255 e. The van der Waals surface area contributed by atoms with Crippen LogP contribution in [0.5, 0.6) is 0 Å². The molecule has 0 saturated carbocycles. The minimum Gasteiger partial charge on any atom is -0.336 e. The molecular weight excluding hydrogens is 368 g/mol. The third kappa shape index (κ3) is 3.70. The molecule has 0 spiro atoms. The molecule has 0 N–H and O–H groups in total. The van der Waals surface area contributed by atoms with Gasteiger partial charge >= 0.3 is 0 Å². The minimum atomic E-state index is 0.108. The zero-order valence-corrected chi connectivity index (χ0v) is 15.8. The molecule has 1 fully saturated rings. The van der Waals surface area contributed by atoms with E-state index in [1.165, 1.54) is 5.56 Å². The van der Waals surface area contributed by atoms with Crippen LogP contribution in [-0.4, -0.2) is 51.7 Å². The average Bonchev–Trinajstić information content (AvgIpc) is 2.95. The Kier molecular flexibility index (Phi) is 5.36. The van der Waals surface area contributed by atoms with Crippen molar-refractivity contribution in [3.05, 3.63) is 51.8 Å². The highest BCUT2D eigenvalue weighted by Gasteiger charge is 2.23. The van der Waals surface area contributed by atoms with Gasteiger partial charge in [-0.3, -0.25) is 14.4 Å². The van der Waals surface area contributed by atoms with Gasteiger partial charge in [0.2, 0.25) is 0 Å². The van der Waals surface area contributed by atoms with Crippen LogP contribution in [0.4, 0.5) is 0 Å². The van der Waals surface area contributed by atoms with Gasteiger partial charge in [-0.2, -0.15) is 5.10 Å². The molecule has 0 unspecified atom stereocenters. The van der Waals surface area contributed by atoms with E-state index >= 15 is 0 Å². The number of carbonyl (C=O) groups excluding carboxylic acids is 1. The van der Waals surface area contributed by atoms with E-state index < -0.39 is 0 Å². The first kappa shape index (κ1) is 17.2.